The maximum atomic E-state index is 12.5. The summed E-state index contributed by atoms with van der Waals surface area (Å²) in [6, 6.07) is 9.99. The van der Waals surface area contributed by atoms with Crippen LogP contribution in [0, 0.1) is 27.7 Å². The van der Waals surface area contributed by atoms with Crippen LogP contribution in [0.2, 0.25) is 0 Å². The molecule has 0 radical (unpaired) electrons. The van der Waals surface area contributed by atoms with Gasteiger partial charge in [0.05, 0.1) is 11.4 Å². The summed E-state index contributed by atoms with van der Waals surface area (Å²) >= 11 is 1.42. The molecule has 0 aliphatic carbocycles. The van der Waals surface area contributed by atoms with E-state index < -0.39 is 0 Å². The molecular weight excluding hydrogens is 320 g/mol. The van der Waals surface area contributed by atoms with Gasteiger partial charge in [-0.2, -0.15) is 0 Å². The zero-order valence-electron chi connectivity index (χ0n) is 14.3. The molecule has 2 heterocycles. The molecule has 3 aromatic rings. The van der Waals surface area contributed by atoms with Crippen LogP contribution in [-0.4, -0.2) is 31.3 Å². The smallest absolute Gasteiger partial charge is 0.196 e. The number of nitrogens with zero attached hydrogens (tertiary/aromatic N) is 3. The number of hydrogen-bond acceptors (Lipinski definition) is 4. The Morgan fingerprint density at radius 2 is 1.92 bits per heavy atom. The summed E-state index contributed by atoms with van der Waals surface area (Å²) in [6.07, 6.45) is 0. The Labute approximate surface area is 145 Å². The highest BCUT2D eigenvalue weighted by atomic mass is 32.2. The minimum Gasteiger partial charge on any atom is -0.362 e. The van der Waals surface area contributed by atoms with E-state index in [4.69, 9.17) is 0 Å². The molecule has 0 fully saturated rings. The fraction of sp³-hybridized carbons (Fsp3) is 0.278. The highest BCUT2D eigenvalue weighted by Crippen LogP contribution is 2.25. The van der Waals surface area contributed by atoms with Gasteiger partial charge in [0, 0.05) is 17.0 Å². The number of Topliss-reactive ketones (excluding diaryl/α,β-unsaturated/α-hetero) is 1. The van der Waals surface area contributed by atoms with Crippen LogP contribution in [0.15, 0.2) is 35.5 Å². The molecule has 5 nitrogen and oxygen atoms in total. The van der Waals surface area contributed by atoms with Crippen LogP contribution in [0.1, 0.15) is 33.1 Å². The minimum atomic E-state index is 0.0961. The van der Waals surface area contributed by atoms with Gasteiger partial charge in [-0.05, 0) is 45.4 Å². The van der Waals surface area contributed by atoms with Crippen LogP contribution in [0.5, 0.6) is 0 Å². The molecule has 1 aromatic carbocycles. The van der Waals surface area contributed by atoms with Crippen LogP contribution in [0.25, 0.3) is 5.69 Å². The quantitative estimate of drug-likeness (QED) is 0.567. The number of benzene rings is 1. The number of thioether (sulfide) groups is 1. The number of aromatic nitrogens is 4. The third-order valence-electron chi connectivity index (χ3n) is 3.93. The number of nitrogens with one attached hydrogen (secondary N) is 1. The lowest BCUT2D eigenvalue weighted by Gasteiger charge is -2.10. The lowest BCUT2D eigenvalue weighted by Crippen LogP contribution is -2.06. The molecule has 0 saturated carbocycles. The number of aryl methyl sites for hydroxylation is 4. The van der Waals surface area contributed by atoms with Crippen LogP contribution >= 0.6 is 11.8 Å². The van der Waals surface area contributed by atoms with Gasteiger partial charge in [0.15, 0.2) is 10.9 Å². The molecule has 0 saturated heterocycles. The van der Waals surface area contributed by atoms with Crippen molar-refractivity contribution in [1.29, 1.82) is 0 Å². The van der Waals surface area contributed by atoms with Crippen LogP contribution < -0.4 is 0 Å². The second-order valence-electron chi connectivity index (χ2n) is 5.85. The Bertz CT molecular complexity index is 894. The van der Waals surface area contributed by atoms with Crippen molar-refractivity contribution in [2.75, 3.05) is 5.75 Å². The van der Waals surface area contributed by atoms with Crippen molar-refractivity contribution in [1.82, 2.24) is 19.7 Å². The molecular formula is C18H20N4OS. The van der Waals surface area contributed by atoms with Gasteiger partial charge >= 0.3 is 0 Å². The lowest BCUT2D eigenvalue weighted by atomic mass is 10.2. The summed E-state index contributed by atoms with van der Waals surface area (Å²) in [7, 11) is 0. The fourth-order valence-corrected chi connectivity index (χ4v) is 3.62. The van der Waals surface area contributed by atoms with E-state index in [-0.39, 0.29) is 5.78 Å². The number of carbonyl (C=O) groups is 1. The van der Waals surface area contributed by atoms with Gasteiger partial charge in [-0.15, -0.1) is 10.2 Å². The summed E-state index contributed by atoms with van der Waals surface area (Å²) in [5.41, 5.74) is 4.85. The van der Waals surface area contributed by atoms with Crippen LogP contribution in [0.3, 0.4) is 0 Å². The van der Waals surface area contributed by atoms with Gasteiger partial charge < -0.3 is 4.98 Å². The number of aromatic amines is 1. The van der Waals surface area contributed by atoms with Crippen molar-refractivity contribution in [3.63, 3.8) is 0 Å². The predicted molar refractivity (Wildman–Crippen MR) is 96.2 cm³/mol. The van der Waals surface area contributed by atoms with E-state index in [1.54, 1.807) is 0 Å². The Hall–Kier alpha value is -2.34. The molecule has 3 rings (SSSR count). The Morgan fingerprint density at radius 1 is 1.17 bits per heavy atom. The van der Waals surface area contributed by atoms with Crippen molar-refractivity contribution >= 4 is 17.5 Å². The predicted octanol–water partition coefficient (Wildman–Crippen LogP) is 3.80. The van der Waals surface area contributed by atoms with Gasteiger partial charge in [0.25, 0.3) is 0 Å². The van der Waals surface area contributed by atoms with Gasteiger partial charge in [-0.1, -0.05) is 30.0 Å². The van der Waals surface area contributed by atoms with E-state index in [1.165, 1.54) is 11.8 Å². The average Bonchev–Trinajstić information content (AvgIpc) is 3.08. The van der Waals surface area contributed by atoms with Crippen molar-refractivity contribution < 1.29 is 4.79 Å². The number of H-pyrrole nitrogens is 1. The highest BCUT2D eigenvalue weighted by Gasteiger charge is 2.17. The largest absolute Gasteiger partial charge is 0.362 e. The van der Waals surface area contributed by atoms with E-state index >= 15 is 0 Å². The van der Waals surface area contributed by atoms with E-state index in [0.29, 0.717) is 5.75 Å². The zero-order chi connectivity index (χ0) is 17.3. The first-order valence-corrected chi connectivity index (χ1v) is 8.76. The van der Waals surface area contributed by atoms with Crippen molar-refractivity contribution in [2.24, 2.45) is 0 Å². The highest BCUT2D eigenvalue weighted by molar-refractivity contribution is 7.99. The SMILES string of the molecule is Cc1cc(C(=O)CSc2nnc(C)n2-c2ccccc2C)c(C)[nH]1. The van der Waals surface area contributed by atoms with Crippen LogP contribution in [0.4, 0.5) is 0 Å². The average molecular weight is 340 g/mol. The second-order valence-corrected chi connectivity index (χ2v) is 6.80. The maximum absolute atomic E-state index is 12.5. The fourth-order valence-electron chi connectivity index (χ4n) is 2.75. The molecule has 0 aliphatic rings. The van der Waals surface area contributed by atoms with E-state index in [9.17, 15) is 4.79 Å². The summed E-state index contributed by atoms with van der Waals surface area (Å²) in [4.78, 5) is 15.6. The standard InChI is InChI=1S/C18H20N4OS/c1-11-7-5-6-8-16(11)22-14(4)20-21-18(22)24-10-17(23)15-9-12(2)19-13(15)3/h5-9,19H,10H2,1-4H3. The number of carbonyl (C=O) groups excluding carboxylic acids is 1. The Balaban J connectivity index is 1.83. The minimum absolute atomic E-state index is 0.0961. The second kappa shape index (κ2) is 6.65. The van der Waals surface area contributed by atoms with E-state index in [2.05, 4.69) is 28.2 Å². The first-order chi connectivity index (χ1) is 11.5. The molecule has 0 amide bonds. The molecule has 24 heavy (non-hydrogen) atoms. The van der Waals surface area contributed by atoms with Crippen LogP contribution in [-0.2, 0) is 0 Å². The third kappa shape index (κ3) is 3.14. The summed E-state index contributed by atoms with van der Waals surface area (Å²) in [6.45, 7) is 7.85. The number of para-hydroxylation sites is 1. The number of hydrogen-bond donors (Lipinski definition) is 1. The molecule has 6 heteroatoms. The van der Waals surface area contributed by atoms with Crippen molar-refractivity contribution in [2.45, 2.75) is 32.9 Å². The maximum Gasteiger partial charge on any atom is 0.196 e. The third-order valence-corrected chi connectivity index (χ3v) is 4.86. The number of rotatable bonds is 5. The van der Waals surface area contributed by atoms with E-state index in [1.807, 2.05) is 49.6 Å². The monoisotopic (exact) mass is 340 g/mol. The first-order valence-electron chi connectivity index (χ1n) is 7.77. The van der Waals surface area contributed by atoms with Gasteiger partial charge in [0.2, 0.25) is 0 Å². The van der Waals surface area contributed by atoms with Gasteiger partial charge in [0.1, 0.15) is 5.82 Å². The molecule has 1 N–H and O–H groups in total. The lowest BCUT2D eigenvalue weighted by molar-refractivity contribution is 0.102. The molecule has 0 atom stereocenters. The molecule has 124 valence electrons. The Kier molecular flexibility index (Phi) is 4.57. The van der Waals surface area contributed by atoms with Crippen molar-refractivity contribution in [3.8, 4) is 5.69 Å². The van der Waals surface area contributed by atoms with Gasteiger partial charge in [-0.3, -0.25) is 9.36 Å². The summed E-state index contributed by atoms with van der Waals surface area (Å²) < 4.78 is 2.00. The summed E-state index contributed by atoms with van der Waals surface area (Å²) in [5, 5.41) is 9.16. The molecule has 2 aromatic heterocycles. The first kappa shape index (κ1) is 16.5. The van der Waals surface area contributed by atoms with E-state index in [0.717, 1.165) is 39.2 Å². The number of ketones is 1. The topological polar surface area (TPSA) is 63.6 Å². The molecule has 0 bridgehead atoms. The zero-order valence-corrected chi connectivity index (χ0v) is 15.1. The summed E-state index contributed by atoms with van der Waals surface area (Å²) in [5.74, 6) is 1.24. The van der Waals surface area contributed by atoms with Gasteiger partial charge in [-0.25, -0.2) is 0 Å². The normalized spacial score (nSPS) is 11.0. The molecule has 0 spiro atoms. The molecule has 0 aliphatic heterocycles. The van der Waals surface area contributed by atoms with Crippen molar-refractivity contribution in [3.05, 3.63) is 58.7 Å². The molecule has 0 unspecified atom stereocenters. The Morgan fingerprint density at radius 3 is 2.58 bits per heavy atom.